The van der Waals surface area contributed by atoms with Gasteiger partial charge in [-0.2, -0.15) is 0 Å². The van der Waals surface area contributed by atoms with Gasteiger partial charge in [0.05, 0.1) is 6.54 Å². The summed E-state index contributed by atoms with van der Waals surface area (Å²) in [7, 11) is 0. The van der Waals surface area contributed by atoms with Gasteiger partial charge in [0.15, 0.2) is 0 Å². The van der Waals surface area contributed by atoms with Crippen LogP contribution in [0.1, 0.15) is 23.8 Å². The number of rotatable bonds is 4. The number of nitrogens with one attached hydrogen (secondary N) is 1. The summed E-state index contributed by atoms with van der Waals surface area (Å²) in [5, 5.41) is 4.95. The first kappa shape index (κ1) is 14.7. The number of thiophene rings is 1. The van der Waals surface area contributed by atoms with Crippen molar-refractivity contribution in [3.05, 3.63) is 45.2 Å². The van der Waals surface area contributed by atoms with Gasteiger partial charge in [0, 0.05) is 21.6 Å². The first-order valence-corrected chi connectivity index (χ1v) is 8.58. The highest BCUT2D eigenvalue weighted by atomic mass is 79.9. The second-order valence-electron chi connectivity index (χ2n) is 5.05. The first-order chi connectivity index (χ1) is 10.2. The maximum Gasteiger partial charge on any atom is 0.239 e. The van der Waals surface area contributed by atoms with Crippen LogP contribution in [0.25, 0.3) is 0 Å². The van der Waals surface area contributed by atoms with E-state index in [0.29, 0.717) is 18.4 Å². The zero-order valence-corrected chi connectivity index (χ0v) is 13.9. The molecule has 1 aliphatic rings. The number of nitrogens with zero attached hydrogens (tertiary/aromatic N) is 2. The van der Waals surface area contributed by atoms with Crippen LogP contribution in [-0.4, -0.2) is 28.9 Å². The zero-order chi connectivity index (χ0) is 14.7. The SMILES string of the molecule is O=C(CN1CCC[C@H]1c1cccs1)Nc1ccc(Br)cn1. The zero-order valence-electron chi connectivity index (χ0n) is 11.5. The van der Waals surface area contributed by atoms with E-state index in [9.17, 15) is 4.79 Å². The highest BCUT2D eigenvalue weighted by Gasteiger charge is 2.28. The van der Waals surface area contributed by atoms with Crippen LogP contribution in [0, 0.1) is 0 Å². The normalized spacial score (nSPS) is 18.8. The topological polar surface area (TPSA) is 45.2 Å². The number of hydrogen-bond acceptors (Lipinski definition) is 4. The van der Waals surface area contributed by atoms with Crippen LogP contribution in [0.3, 0.4) is 0 Å². The van der Waals surface area contributed by atoms with Crippen molar-refractivity contribution in [3.8, 4) is 0 Å². The van der Waals surface area contributed by atoms with Crippen LogP contribution < -0.4 is 5.32 Å². The van der Waals surface area contributed by atoms with Crippen LogP contribution in [0.4, 0.5) is 5.82 Å². The molecular formula is C15H16BrN3OS. The molecule has 0 radical (unpaired) electrons. The number of carbonyl (C=O) groups excluding carboxylic acids is 1. The maximum atomic E-state index is 12.2. The van der Waals surface area contributed by atoms with Crippen LogP contribution in [0.15, 0.2) is 40.3 Å². The van der Waals surface area contributed by atoms with Crippen molar-refractivity contribution in [2.24, 2.45) is 0 Å². The quantitative estimate of drug-likeness (QED) is 0.898. The van der Waals surface area contributed by atoms with E-state index < -0.39 is 0 Å². The summed E-state index contributed by atoms with van der Waals surface area (Å²) >= 11 is 5.10. The largest absolute Gasteiger partial charge is 0.310 e. The summed E-state index contributed by atoms with van der Waals surface area (Å²) in [5.41, 5.74) is 0. The van der Waals surface area contributed by atoms with Crippen molar-refractivity contribution in [1.82, 2.24) is 9.88 Å². The Morgan fingerprint density at radius 3 is 3.10 bits per heavy atom. The Kier molecular flexibility index (Phi) is 4.67. The molecule has 1 atom stereocenters. The Hall–Kier alpha value is -1.24. The second kappa shape index (κ2) is 6.68. The van der Waals surface area contributed by atoms with Gasteiger partial charge in [-0.15, -0.1) is 11.3 Å². The molecule has 0 aliphatic carbocycles. The highest BCUT2D eigenvalue weighted by molar-refractivity contribution is 9.10. The lowest BCUT2D eigenvalue weighted by molar-refractivity contribution is -0.117. The molecule has 0 spiro atoms. The molecule has 110 valence electrons. The van der Waals surface area contributed by atoms with Gasteiger partial charge >= 0.3 is 0 Å². The van der Waals surface area contributed by atoms with Crippen molar-refractivity contribution in [1.29, 1.82) is 0 Å². The molecular weight excluding hydrogens is 350 g/mol. The molecule has 1 amide bonds. The third-order valence-electron chi connectivity index (χ3n) is 3.58. The molecule has 2 aromatic heterocycles. The Morgan fingerprint density at radius 2 is 2.38 bits per heavy atom. The van der Waals surface area contributed by atoms with Gasteiger partial charge < -0.3 is 5.32 Å². The lowest BCUT2D eigenvalue weighted by atomic mass is 10.2. The second-order valence-corrected chi connectivity index (χ2v) is 6.95. The minimum Gasteiger partial charge on any atom is -0.310 e. The number of aromatic nitrogens is 1. The molecule has 1 aliphatic heterocycles. The average molecular weight is 366 g/mol. The molecule has 0 unspecified atom stereocenters. The number of carbonyl (C=O) groups is 1. The number of likely N-dealkylation sites (tertiary alicyclic amines) is 1. The number of halogens is 1. The highest BCUT2D eigenvalue weighted by Crippen LogP contribution is 2.34. The third kappa shape index (κ3) is 3.70. The molecule has 6 heteroatoms. The first-order valence-electron chi connectivity index (χ1n) is 6.91. The molecule has 4 nitrogen and oxygen atoms in total. The summed E-state index contributed by atoms with van der Waals surface area (Å²) < 4.78 is 0.901. The lowest BCUT2D eigenvalue weighted by Crippen LogP contribution is -2.32. The fraction of sp³-hybridized carbons (Fsp3) is 0.333. The summed E-state index contributed by atoms with van der Waals surface area (Å²) in [6.45, 7) is 1.39. The van der Waals surface area contributed by atoms with E-state index >= 15 is 0 Å². The summed E-state index contributed by atoms with van der Waals surface area (Å²) in [4.78, 5) is 19.9. The predicted octanol–water partition coefficient (Wildman–Crippen LogP) is 3.68. The van der Waals surface area contributed by atoms with E-state index in [1.165, 1.54) is 4.88 Å². The Morgan fingerprint density at radius 1 is 1.48 bits per heavy atom. The molecule has 3 heterocycles. The Bertz CT molecular complexity index is 600. The Labute approximate surface area is 136 Å². The molecule has 0 bridgehead atoms. The van der Waals surface area contributed by atoms with Crippen LogP contribution in [0.5, 0.6) is 0 Å². The molecule has 1 N–H and O–H groups in total. The monoisotopic (exact) mass is 365 g/mol. The van der Waals surface area contributed by atoms with Gasteiger partial charge in [-0.25, -0.2) is 4.98 Å². The molecule has 21 heavy (non-hydrogen) atoms. The van der Waals surface area contributed by atoms with E-state index in [2.05, 4.69) is 48.6 Å². The van der Waals surface area contributed by atoms with E-state index in [4.69, 9.17) is 0 Å². The van der Waals surface area contributed by atoms with Crippen molar-refractivity contribution < 1.29 is 4.79 Å². The van der Waals surface area contributed by atoms with Gasteiger partial charge in [0.25, 0.3) is 0 Å². The molecule has 3 rings (SSSR count). The van der Waals surface area contributed by atoms with Crippen LogP contribution >= 0.6 is 27.3 Å². The van der Waals surface area contributed by atoms with Crippen LogP contribution in [-0.2, 0) is 4.79 Å². The van der Waals surface area contributed by atoms with E-state index in [1.807, 2.05) is 6.07 Å². The Balaban J connectivity index is 1.60. The molecule has 0 aromatic carbocycles. The number of pyridine rings is 1. The van der Waals surface area contributed by atoms with Gasteiger partial charge in [0.2, 0.25) is 5.91 Å². The minimum absolute atomic E-state index is 0.00622. The summed E-state index contributed by atoms with van der Waals surface area (Å²) in [6, 6.07) is 8.27. The summed E-state index contributed by atoms with van der Waals surface area (Å²) in [5.74, 6) is 0.586. The maximum absolute atomic E-state index is 12.2. The van der Waals surface area contributed by atoms with E-state index in [-0.39, 0.29) is 5.91 Å². The lowest BCUT2D eigenvalue weighted by Gasteiger charge is -2.22. The predicted molar refractivity (Wildman–Crippen MR) is 88.4 cm³/mol. The van der Waals surface area contributed by atoms with Crippen molar-refractivity contribution in [3.63, 3.8) is 0 Å². The van der Waals surface area contributed by atoms with Gasteiger partial charge in [-0.1, -0.05) is 6.07 Å². The van der Waals surface area contributed by atoms with Crippen molar-refractivity contribution in [2.75, 3.05) is 18.4 Å². The fourth-order valence-corrected chi connectivity index (χ4v) is 3.77. The van der Waals surface area contributed by atoms with Crippen molar-refractivity contribution in [2.45, 2.75) is 18.9 Å². The van der Waals surface area contributed by atoms with E-state index in [0.717, 1.165) is 23.9 Å². The van der Waals surface area contributed by atoms with Crippen molar-refractivity contribution >= 4 is 39.0 Å². The minimum atomic E-state index is -0.00622. The number of hydrogen-bond donors (Lipinski definition) is 1. The van der Waals surface area contributed by atoms with Gasteiger partial charge in [0.1, 0.15) is 5.82 Å². The molecule has 2 aromatic rings. The van der Waals surface area contributed by atoms with E-state index in [1.54, 1.807) is 23.6 Å². The average Bonchev–Trinajstić information content (AvgIpc) is 3.11. The molecule has 1 fully saturated rings. The number of anilines is 1. The smallest absolute Gasteiger partial charge is 0.239 e. The fourth-order valence-electron chi connectivity index (χ4n) is 2.64. The molecule has 0 saturated carbocycles. The van der Waals surface area contributed by atoms with Gasteiger partial charge in [-0.05, 0) is 58.9 Å². The summed E-state index contributed by atoms with van der Waals surface area (Å²) in [6.07, 6.45) is 3.95. The third-order valence-corrected chi connectivity index (χ3v) is 5.02. The number of amides is 1. The van der Waals surface area contributed by atoms with Crippen LogP contribution in [0.2, 0.25) is 0 Å². The molecule has 1 saturated heterocycles. The standard InChI is InChI=1S/C15H16BrN3OS/c16-11-5-6-14(17-9-11)18-15(20)10-19-7-1-3-12(19)13-4-2-8-21-13/h2,4-6,8-9,12H,1,3,7,10H2,(H,17,18,20)/t12-/m0/s1. The van der Waals surface area contributed by atoms with Gasteiger partial charge in [-0.3, -0.25) is 9.69 Å².